The molecule has 1 atom stereocenters. The minimum Gasteiger partial charge on any atom is -0.755 e. The number of hydrogen-bond acceptors (Lipinski definition) is 10. The van der Waals surface area contributed by atoms with Crippen molar-refractivity contribution in [1.29, 1.82) is 0 Å². The van der Waals surface area contributed by atoms with Gasteiger partial charge in [-0.25, -0.2) is 24.1 Å². The van der Waals surface area contributed by atoms with Gasteiger partial charge in [0.2, 0.25) is 5.75 Å². The van der Waals surface area contributed by atoms with Crippen molar-refractivity contribution in [2.75, 3.05) is 18.5 Å². The summed E-state index contributed by atoms with van der Waals surface area (Å²) >= 11 is -2.93. The van der Waals surface area contributed by atoms with Gasteiger partial charge in [-0.3, -0.25) is 4.21 Å². The number of aromatic carboxylic acids is 1. The number of methoxy groups -OCH3 is 2. The van der Waals surface area contributed by atoms with Crippen LogP contribution in [0, 0.1) is 0 Å². The molecule has 4 rings (SSSR count). The molecule has 202 valence electrons. The van der Waals surface area contributed by atoms with Crippen molar-refractivity contribution in [3.8, 4) is 34.5 Å². The van der Waals surface area contributed by atoms with Crippen LogP contribution in [0.1, 0.15) is 35.8 Å². The average molecular weight is 551 g/mol. The lowest BCUT2D eigenvalue weighted by Crippen LogP contribution is -2.23. The normalized spacial score (nSPS) is 11.6. The Morgan fingerprint density at radius 3 is 2.36 bits per heavy atom. The Morgan fingerprint density at radius 2 is 1.77 bits per heavy atom. The fourth-order valence-electron chi connectivity index (χ4n) is 3.53. The van der Waals surface area contributed by atoms with Gasteiger partial charge in [0.1, 0.15) is 11.5 Å². The lowest BCUT2D eigenvalue weighted by atomic mass is 10.1. The molecule has 3 aromatic heterocycles. The molecule has 13 heteroatoms. The maximum Gasteiger partial charge on any atom is 0.354 e. The second-order valence-corrected chi connectivity index (χ2v) is 9.11. The molecule has 3 heterocycles. The number of aromatic nitrogens is 4. The molecule has 0 spiro atoms. The summed E-state index contributed by atoms with van der Waals surface area (Å²) in [5.41, 5.74) is 0.909. The Morgan fingerprint density at radius 1 is 1.03 bits per heavy atom. The Labute approximate surface area is 226 Å². The molecule has 12 nitrogen and oxygen atoms in total. The van der Waals surface area contributed by atoms with E-state index in [2.05, 4.69) is 19.9 Å². The fraction of sp³-hybridized carbons (Fsp3) is 0.192. The number of rotatable bonds is 10. The molecule has 0 fully saturated rings. The molecule has 1 N–H and O–H groups in total. The van der Waals surface area contributed by atoms with Crippen molar-refractivity contribution >= 4 is 28.9 Å². The quantitative estimate of drug-likeness (QED) is 0.277. The third kappa shape index (κ3) is 5.94. The molecule has 0 bridgehead atoms. The molecular weight excluding hydrogens is 526 g/mol. The summed E-state index contributed by atoms with van der Waals surface area (Å²) in [6, 6.07) is 12.8. The highest BCUT2D eigenvalue weighted by molar-refractivity contribution is 7.81. The predicted octanol–water partition coefficient (Wildman–Crippen LogP) is 4.50. The van der Waals surface area contributed by atoms with Crippen molar-refractivity contribution in [2.24, 2.45) is 0 Å². The van der Waals surface area contributed by atoms with E-state index < -0.39 is 17.2 Å². The van der Waals surface area contributed by atoms with Gasteiger partial charge in [-0.05, 0) is 41.8 Å². The van der Waals surface area contributed by atoms with Crippen molar-refractivity contribution in [3.63, 3.8) is 0 Å². The van der Waals surface area contributed by atoms with Crippen molar-refractivity contribution in [2.45, 2.75) is 19.8 Å². The summed E-state index contributed by atoms with van der Waals surface area (Å²) in [6.45, 7) is 3.97. The van der Waals surface area contributed by atoms with Crippen molar-refractivity contribution < 1.29 is 32.9 Å². The van der Waals surface area contributed by atoms with Gasteiger partial charge in [-0.15, -0.1) is 0 Å². The SMILES string of the molecule is COc1ccccc1Oc1c(OC)nc(-c2ccnc(C(=O)O)c2)nc1N(c1ccc(C(C)C)cn1)S(=O)[O-]. The van der Waals surface area contributed by atoms with E-state index in [0.717, 1.165) is 9.87 Å². The molecule has 0 radical (unpaired) electrons. The van der Waals surface area contributed by atoms with Crippen LogP contribution in [0.5, 0.6) is 23.1 Å². The number of benzene rings is 1. The zero-order chi connectivity index (χ0) is 28.1. The Balaban J connectivity index is 1.97. The zero-order valence-corrected chi connectivity index (χ0v) is 22.2. The van der Waals surface area contributed by atoms with Crippen molar-refractivity contribution in [3.05, 3.63) is 72.2 Å². The van der Waals surface area contributed by atoms with Crippen LogP contribution in [0.15, 0.2) is 60.9 Å². The van der Waals surface area contributed by atoms with E-state index >= 15 is 0 Å². The minimum absolute atomic E-state index is 0.0327. The molecule has 0 aliphatic carbocycles. The van der Waals surface area contributed by atoms with E-state index in [4.69, 9.17) is 14.2 Å². The standard InChI is InChI=1S/C26H25N5O7S/c1-15(2)17-9-10-21(28-14-17)31(39(34)35)24-22(38-20-8-6-5-7-19(20)36-3)25(37-4)30-23(29-24)16-11-12-27-18(13-16)26(32)33/h5-15H,1-4H3,(H,32,33)(H,34,35)/p-1. The van der Waals surface area contributed by atoms with E-state index in [-0.39, 0.29) is 52.0 Å². The minimum atomic E-state index is -2.93. The van der Waals surface area contributed by atoms with Crippen LogP contribution < -0.4 is 18.5 Å². The number of carbonyl (C=O) groups is 1. The zero-order valence-electron chi connectivity index (χ0n) is 21.4. The van der Waals surface area contributed by atoms with E-state index in [1.165, 1.54) is 32.5 Å². The Kier molecular flexibility index (Phi) is 8.32. The highest BCUT2D eigenvalue weighted by Gasteiger charge is 2.27. The number of carboxylic acid groups (broad SMARTS) is 1. The molecule has 4 aromatic rings. The first-order valence-corrected chi connectivity index (χ1v) is 12.6. The van der Waals surface area contributed by atoms with Crippen molar-refractivity contribution in [1.82, 2.24) is 19.9 Å². The number of para-hydroxylation sites is 2. The average Bonchev–Trinajstić information content (AvgIpc) is 2.94. The summed E-state index contributed by atoms with van der Waals surface area (Å²) in [5.74, 6) is -0.967. The third-order valence-corrected chi connectivity index (χ3v) is 6.17. The number of hydrogen-bond donors (Lipinski definition) is 1. The van der Waals surface area contributed by atoms with Gasteiger partial charge in [0.05, 0.1) is 25.5 Å². The van der Waals surface area contributed by atoms with Gasteiger partial charge in [-0.2, -0.15) is 4.98 Å². The monoisotopic (exact) mass is 550 g/mol. The number of nitrogens with zero attached hydrogens (tertiary/aromatic N) is 5. The van der Waals surface area contributed by atoms with Crippen LogP contribution >= 0.6 is 0 Å². The topological polar surface area (TPSA) is 160 Å². The van der Waals surface area contributed by atoms with Gasteiger partial charge >= 0.3 is 5.97 Å². The summed E-state index contributed by atoms with van der Waals surface area (Å²) in [5, 5.41) is 9.38. The third-order valence-electron chi connectivity index (χ3n) is 5.52. The maximum atomic E-state index is 12.7. The molecule has 1 aromatic carbocycles. The second-order valence-electron chi connectivity index (χ2n) is 8.31. The summed E-state index contributed by atoms with van der Waals surface area (Å²) in [7, 11) is 2.79. The first-order valence-electron chi connectivity index (χ1n) is 11.6. The van der Waals surface area contributed by atoms with Crippen LogP contribution in [0.25, 0.3) is 11.4 Å². The number of ether oxygens (including phenoxy) is 3. The first kappa shape index (κ1) is 27.4. The van der Waals surface area contributed by atoms with Gasteiger partial charge in [0, 0.05) is 18.0 Å². The summed E-state index contributed by atoms with van der Waals surface area (Å²) in [6.07, 6.45) is 2.85. The highest BCUT2D eigenvalue weighted by Crippen LogP contribution is 2.44. The van der Waals surface area contributed by atoms with E-state index in [0.29, 0.717) is 5.75 Å². The van der Waals surface area contributed by atoms with Crippen LogP contribution in [0.2, 0.25) is 0 Å². The van der Waals surface area contributed by atoms with E-state index in [9.17, 15) is 18.7 Å². The van der Waals surface area contributed by atoms with Gasteiger partial charge < -0.3 is 23.9 Å². The lowest BCUT2D eigenvalue weighted by Gasteiger charge is -2.27. The highest BCUT2D eigenvalue weighted by atomic mass is 32.2. The Hall–Kier alpha value is -4.62. The van der Waals surface area contributed by atoms with Crippen LogP contribution in [0.4, 0.5) is 11.6 Å². The molecular formula is C26H24N5O7S-. The maximum absolute atomic E-state index is 12.7. The lowest BCUT2D eigenvalue weighted by molar-refractivity contribution is 0.0690. The molecule has 0 aliphatic rings. The molecule has 0 saturated heterocycles. The summed E-state index contributed by atoms with van der Waals surface area (Å²) < 4.78 is 43.1. The molecule has 1 unspecified atom stereocenters. The van der Waals surface area contributed by atoms with E-state index in [1.807, 2.05) is 13.8 Å². The van der Waals surface area contributed by atoms with Crippen LogP contribution in [-0.4, -0.2) is 54.0 Å². The predicted molar refractivity (Wildman–Crippen MR) is 141 cm³/mol. The first-order chi connectivity index (χ1) is 18.7. The van der Waals surface area contributed by atoms with Crippen LogP contribution in [0.3, 0.4) is 0 Å². The smallest absolute Gasteiger partial charge is 0.354 e. The molecule has 0 aliphatic heterocycles. The van der Waals surface area contributed by atoms with E-state index in [1.54, 1.807) is 42.6 Å². The fourth-order valence-corrected chi connectivity index (χ4v) is 4.05. The molecule has 39 heavy (non-hydrogen) atoms. The summed E-state index contributed by atoms with van der Waals surface area (Å²) in [4.78, 5) is 28.5. The number of anilines is 2. The number of pyridine rings is 2. The van der Waals surface area contributed by atoms with Gasteiger partial charge in [0.15, 0.2) is 23.1 Å². The van der Waals surface area contributed by atoms with Crippen LogP contribution in [-0.2, 0) is 11.3 Å². The van der Waals surface area contributed by atoms with Gasteiger partial charge in [-0.1, -0.05) is 32.0 Å². The molecule has 0 saturated carbocycles. The second kappa shape index (κ2) is 11.8. The molecule has 0 amide bonds. The van der Waals surface area contributed by atoms with Gasteiger partial charge in [0.25, 0.3) is 5.88 Å². The Bertz CT molecular complexity index is 1520. The largest absolute Gasteiger partial charge is 0.755 e. The number of carboxylic acids is 1.